The van der Waals surface area contributed by atoms with E-state index in [2.05, 4.69) is 59.0 Å². The van der Waals surface area contributed by atoms with E-state index in [1.54, 1.807) is 0 Å². The number of likely N-dealkylation sites (N-methyl/N-ethyl adjacent to an activating group) is 1. The van der Waals surface area contributed by atoms with E-state index in [9.17, 15) is 0 Å². The van der Waals surface area contributed by atoms with Crippen molar-refractivity contribution >= 4 is 0 Å². The summed E-state index contributed by atoms with van der Waals surface area (Å²) in [5.74, 6) is 0. The van der Waals surface area contributed by atoms with Crippen LogP contribution in [0.2, 0.25) is 0 Å². The summed E-state index contributed by atoms with van der Waals surface area (Å²) < 4.78 is 5.81. The summed E-state index contributed by atoms with van der Waals surface area (Å²) in [6.45, 7) is 14.1. The molecule has 0 spiro atoms. The quantitative estimate of drug-likeness (QED) is 0.815. The third kappa shape index (κ3) is 3.83. The van der Waals surface area contributed by atoms with Crippen LogP contribution in [-0.4, -0.2) is 25.3 Å². The van der Waals surface area contributed by atoms with Crippen molar-refractivity contribution in [3.63, 3.8) is 0 Å². The van der Waals surface area contributed by atoms with E-state index in [1.165, 1.54) is 22.3 Å². The number of ether oxygens (including phenoxy) is 1. The molecule has 0 aliphatic carbocycles. The fourth-order valence-electron chi connectivity index (χ4n) is 3.02. The van der Waals surface area contributed by atoms with E-state index < -0.39 is 0 Å². The zero-order valence-corrected chi connectivity index (χ0v) is 14.3. The van der Waals surface area contributed by atoms with Crippen LogP contribution in [0.15, 0.2) is 12.1 Å². The second-order valence-electron chi connectivity index (χ2n) is 6.06. The summed E-state index contributed by atoms with van der Waals surface area (Å²) in [4.78, 5) is 0. The number of hydrogen-bond acceptors (Lipinski definition) is 2. The lowest BCUT2D eigenvalue weighted by molar-refractivity contribution is -0.0284. The number of rotatable bonds is 7. The van der Waals surface area contributed by atoms with Crippen molar-refractivity contribution in [1.82, 2.24) is 5.32 Å². The summed E-state index contributed by atoms with van der Waals surface area (Å²) in [7, 11) is 1.82. The Balaban J connectivity index is 3.08. The third-order valence-corrected chi connectivity index (χ3v) is 4.60. The highest BCUT2D eigenvalue weighted by atomic mass is 16.5. The molecule has 0 aliphatic rings. The van der Waals surface area contributed by atoms with Crippen LogP contribution in [0.25, 0.3) is 0 Å². The van der Waals surface area contributed by atoms with Crippen LogP contribution in [0.1, 0.15) is 49.4 Å². The first-order chi connectivity index (χ1) is 9.37. The van der Waals surface area contributed by atoms with Gasteiger partial charge in [0.25, 0.3) is 0 Å². The van der Waals surface area contributed by atoms with Gasteiger partial charge in [0.05, 0.1) is 5.60 Å². The molecule has 0 heterocycles. The van der Waals surface area contributed by atoms with E-state index in [-0.39, 0.29) is 5.60 Å². The maximum absolute atomic E-state index is 5.81. The van der Waals surface area contributed by atoms with Gasteiger partial charge in [-0.3, -0.25) is 0 Å². The molecular formula is C18H31NO. The molecule has 0 aromatic heterocycles. The summed E-state index contributed by atoms with van der Waals surface area (Å²) in [6, 6.07) is 4.89. The predicted octanol–water partition coefficient (Wildman–Crippen LogP) is 3.95. The maximum Gasteiger partial charge on any atom is 0.0803 e. The van der Waals surface area contributed by atoms with Crippen molar-refractivity contribution in [3.05, 3.63) is 34.4 Å². The lowest BCUT2D eigenvalue weighted by Gasteiger charge is -2.37. The van der Waals surface area contributed by atoms with Gasteiger partial charge in [0.2, 0.25) is 0 Å². The molecule has 0 aliphatic heterocycles. The summed E-state index contributed by atoms with van der Waals surface area (Å²) in [5.41, 5.74) is 5.45. The van der Waals surface area contributed by atoms with Crippen LogP contribution >= 0.6 is 0 Å². The molecule has 1 aromatic rings. The average molecular weight is 277 g/mol. The molecule has 0 bridgehead atoms. The third-order valence-electron chi connectivity index (χ3n) is 4.60. The van der Waals surface area contributed by atoms with Crippen molar-refractivity contribution in [2.75, 3.05) is 13.7 Å². The van der Waals surface area contributed by atoms with E-state index >= 15 is 0 Å². The van der Waals surface area contributed by atoms with Crippen LogP contribution in [0.3, 0.4) is 0 Å². The Labute approximate surface area is 124 Å². The smallest absolute Gasteiger partial charge is 0.0803 e. The standard InChI is InChI=1S/C18H31NO/c1-8-18(6,20-7)17(19-9-2)12-16-14(4)10-13(3)11-15(16)5/h10-11,17,19H,8-9,12H2,1-7H3. The molecule has 114 valence electrons. The van der Waals surface area contributed by atoms with Crippen LogP contribution in [0.5, 0.6) is 0 Å². The zero-order valence-electron chi connectivity index (χ0n) is 14.3. The molecule has 0 saturated heterocycles. The molecule has 2 heteroatoms. The Hall–Kier alpha value is -0.860. The number of hydrogen-bond donors (Lipinski definition) is 1. The highest BCUT2D eigenvalue weighted by molar-refractivity contribution is 5.38. The Morgan fingerprint density at radius 1 is 1.15 bits per heavy atom. The maximum atomic E-state index is 5.81. The minimum atomic E-state index is -0.125. The number of nitrogens with one attached hydrogen (secondary N) is 1. The second kappa shape index (κ2) is 7.24. The number of aryl methyl sites for hydroxylation is 3. The van der Waals surface area contributed by atoms with Gasteiger partial charge in [-0.2, -0.15) is 0 Å². The van der Waals surface area contributed by atoms with Gasteiger partial charge in [-0.1, -0.05) is 31.5 Å². The Bertz CT molecular complexity index is 412. The van der Waals surface area contributed by atoms with Crippen LogP contribution in [-0.2, 0) is 11.2 Å². The molecule has 2 nitrogen and oxygen atoms in total. The molecular weight excluding hydrogens is 246 g/mol. The summed E-state index contributed by atoms with van der Waals surface area (Å²) in [6.07, 6.45) is 2.02. The van der Waals surface area contributed by atoms with E-state index in [0.29, 0.717) is 6.04 Å². The van der Waals surface area contributed by atoms with Crippen molar-refractivity contribution in [1.29, 1.82) is 0 Å². The van der Waals surface area contributed by atoms with Crippen LogP contribution in [0.4, 0.5) is 0 Å². The second-order valence-corrected chi connectivity index (χ2v) is 6.06. The Kier molecular flexibility index (Phi) is 6.22. The summed E-state index contributed by atoms with van der Waals surface area (Å²) in [5, 5.41) is 3.62. The largest absolute Gasteiger partial charge is 0.377 e. The average Bonchev–Trinajstić information content (AvgIpc) is 2.40. The molecule has 20 heavy (non-hydrogen) atoms. The fourth-order valence-corrected chi connectivity index (χ4v) is 3.02. The van der Waals surface area contributed by atoms with Gasteiger partial charge in [0.1, 0.15) is 0 Å². The molecule has 2 unspecified atom stereocenters. The van der Waals surface area contributed by atoms with Crippen molar-refractivity contribution in [2.24, 2.45) is 0 Å². The topological polar surface area (TPSA) is 21.3 Å². The first-order valence-corrected chi connectivity index (χ1v) is 7.73. The minimum Gasteiger partial charge on any atom is -0.377 e. The van der Waals surface area contributed by atoms with Gasteiger partial charge < -0.3 is 10.1 Å². The lowest BCUT2D eigenvalue weighted by atomic mass is 9.85. The van der Waals surface area contributed by atoms with Crippen molar-refractivity contribution in [2.45, 2.75) is 66.0 Å². The molecule has 1 N–H and O–H groups in total. The number of methoxy groups -OCH3 is 1. The minimum absolute atomic E-state index is 0.125. The highest BCUT2D eigenvalue weighted by Crippen LogP contribution is 2.25. The van der Waals surface area contributed by atoms with E-state index in [0.717, 1.165) is 19.4 Å². The Morgan fingerprint density at radius 3 is 2.10 bits per heavy atom. The van der Waals surface area contributed by atoms with Crippen LogP contribution in [0, 0.1) is 20.8 Å². The van der Waals surface area contributed by atoms with Gasteiger partial charge >= 0.3 is 0 Å². The van der Waals surface area contributed by atoms with Gasteiger partial charge in [0, 0.05) is 13.2 Å². The lowest BCUT2D eigenvalue weighted by Crippen LogP contribution is -2.51. The van der Waals surface area contributed by atoms with Gasteiger partial charge in [-0.15, -0.1) is 0 Å². The molecule has 1 aromatic carbocycles. The first kappa shape index (κ1) is 17.2. The van der Waals surface area contributed by atoms with Crippen molar-refractivity contribution < 1.29 is 4.74 Å². The highest BCUT2D eigenvalue weighted by Gasteiger charge is 2.32. The molecule has 0 amide bonds. The van der Waals surface area contributed by atoms with E-state index in [1.807, 2.05) is 7.11 Å². The van der Waals surface area contributed by atoms with Gasteiger partial charge in [-0.05, 0) is 63.8 Å². The van der Waals surface area contributed by atoms with Crippen LogP contribution < -0.4 is 5.32 Å². The molecule has 1 rings (SSSR count). The van der Waals surface area contributed by atoms with Gasteiger partial charge in [-0.25, -0.2) is 0 Å². The Morgan fingerprint density at radius 2 is 1.70 bits per heavy atom. The molecule has 0 radical (unpaired) electrons. The van der Waals surface area contributed by atoms with Gasteiger partial charge in [0.15, 0.2) is 0 Å². The summed E-state index contributed by atoms with van der Waals surface area (Å²) >= 11 is 0. The normalized spacial score (nSPS) is 15.9. The molecule has 0 fully saturated rings. The van der Waals surface area contributed by atoms with Crippen molar-refractivity contribution in [3.8, 4) is 0 Å². The molecule has 2 atom stereocenters. The zero-order chi connectivity index (χ0) is 15.3. The molecule has 0 saturated carbocycles. The SMILES string of the molecule is CCNC(Cc1c(C)cc(C)cc1C)C(C)(CC)OC. The monoisotopic (exact) mass is 277 g/mol. The predicted molar refractivity (Wildman–Crippen MR) is 87.5 cm³/mol. The fraction of sp³-hybridized carbons (Fsp3) is 0.667. The number of benzene rings is 1. The van der Waals surface area contributed by atoms with E-state index in [4.69, 9.17) is 4.74 Å². The first-order valence-electron chi connectivity index (χ1n) is 7.73.